The van der Waals surface area contributed by atoms with Crippen LogP contribution >= 0.6 is 23.2 Å². The van der Waals surface area contributed by atoms with Crippen LogP contribution in [0.1, 0.15) is 66.9 Å². The van der Waals surface area contributed by atoms with Crippen molar-refractivity contribution in [2.24, 2.45) is 5.92 Å². The Morgan fingerprint density at radius 2 is 1.37 bits per heavy atom. The van der Waals surface area contributed by atoms with Crippen molar-refractivity contribution < 1.29 is 19.1 Å². The van der Waals surface area contributed by atoms with Gasteiger partial charge >= 0.3 is 0 Å². The average molecular weight is 725 g/mol. The van der Waals surface area contributed by atoms with Crippen LogP contribution in [0, 0.1) is 5.92 Å². The number of carbonyl (C=O) groups is 2. The van der Waals surface area contributed by atoms with Crippen molar-refractivity contribution in [1.82, 2.24) is 15.5 Å². The van der Waals surface area contributed by atoms with Gasteiger partial charge in [-0.1, -0.05) is 71.7 Å². The molecule has 9 heteroatoms. The Hall–Kier alpha value is -3.88. The Labute approximate surface area is 309 Å². The fraction of sp³-hybridized carbons (Fsp3) is 0.381. The van der Waals surface area contributed by atoms with Crippen LogP contribution in [0.4, 0.5) is 0 Å². The highest BCUT2D eigenvalue weighted by atomic mass is 35.5. The molecule has 264 valence electrons. The van der Waals surface area contributed by atoms with Crippen molar-refractivity contribution in [2.75, 3.05) is 33.9 Å². The number of ketones is 1. The lowest BCUT2D eigenvalue weighted by atomic mass is 9.91. The zero-order valence-corrected chi connectivity index (χ0v) is 30.8. The molecule has 2 aliphatic heterocycles. The first-order valence-corrected chi connectivity index (χ1v) is 18.8. The van der Waals surface area contributed by atoms with Gasteiger partial charge in [-0.25, -0.2) is 0 Å². The third kappa shape index (κ3) is 6.22. The number of methoxy groups -OCH3 is 2. The summed E-state index contributed by atoms with van der Waals surface area (Å²) in [6, 6.07) is 21.5. The lowest BCUT2D eigenvalue weighted by molar-refractivity contribution is -0.127. The van der Waals surface area contributed by atoms with E-state index in [1.165, 1.54) is 22.3 Å². The van der Waals surface area contributed by atoms with E-state index in [-0.39, 0.29) is 35.7 Å². The highest BCUT2D eigenvalue weighted by Crippen LogP contribution is 2.49. The molecule has 0 saturated carbocycles. The molecule has 2 fully saturated rings. The zero-order chi connectivity index (χ0) is 35.4. The SMILES string of the molecule is COc1cc(-c2cccc(-c3cccc(-c4cc5c(c(OC)c4)[C@@H](N4CC(C(C)=O)C4)CC5)c3Cl)c2Cl)cc2c1[C@@H](NC[C@@H]1CCC(=O)N1)CC2. The van der Waals surface area contributed by atoms with E-state index < -0.39 is 0 Å². The van der Waals surface area contributed by atoms with Crippen LogP contribution in [0.15, 0.2) is 60.7 Å². The summed E-state index contributed by atoms with van der Waals surface area (Å²) in [5.74, 6) is 2.26. The minimum Gasteiger partial charge on any atom is -0.496 e. The fourth-order valence-corrected chi connectivity index (χ4v) is 9.39. The fourth-order valence-electron chi connectivity index (χ4n) is 8.72. The maximum absolute atomic E-state index is 11.9. The van der Waals surface area contributed by atoms with Gasteiger partial charge in [-0.05, 0) is 73.4 Å². The van der Waals surface area contributed by atoms with Crippen LogP contribution < -0.4 is 20.1 Å². The minimum absolute atomic E-state index is 0.133. The van der Waals surface area contributed by atoms with E-state index in [4.69, 9.17) is 32.7 Å². The summed E-state index contributed by atoms with van der Waals surface area (Å²) in [7, 11) is 3.45. The zero-order valence-electron chi connectivity index (χ0n) is 29.3. The molecule has 0 radical (unpaired) electrons. The highest BCUT2D eigenvalue weighted by Gasteiger charge is 2.40. The van der Waals surface area contributed by atoms with Gasteiger partial charge < -0.3 is 20.1 Å². The lowest BCUT2D eigenvalue weighted by Gasteiger charge is -2.42. The largest absolute Gasteiger partial charge is 0.496 e. The Balaban J connectivity index is 1.09. The molecule has 4 aliphatic rings. The summed E-state index contributed by atoms with van der Waals surface area (Å²) < 4.78 is 12.0. The Kier molecular flexibility index (Phi) is 9.34. The number of hydrogen-bond donors (Lipinski definition) is 2. The predicted molar refractivity (Wildman–Crippen MR) is 203 cm³/mol. The van der Waals surface area contributed by atoms with Gasteiger partial charge in [0.25, 0.3) is 0 Å². The van der Waals surface area contributed by atoms with Gasteiger partial charge in [0.15, 0.2) is 0 Å². The number of nitrogens with zero attached hydrogens (tertiary/aromatic N) is 1. The van der Waals surface area contributed by atoms with Gasteiger partial charge in [0.1, 0.15) is 17.3 Å². The number of carbonyl (C=O) groups excluding carboxylic acids is 2. The molecule has 0 spiro atoms. The van der Waals surface area contributed by atoms with E-state index in [9.17, 15) is 9.59 Å². The lowest BCUT2D eigenvalue weighted by Crippen LogP contribution is -2.50. The molecule has 8 rings (SSSR count). The van der Waals surface area contributed by atoms with Crippen LogP contribution in [-0.4, -0.2) is 56.5 Å². The van der Waals surface area contributed by atoms with E-state index in [1.54, 1.807) is 21.1 Å². The minimum atomic E-state index is 0.133. The van der Waals surface area contributed by atoms with Gasteiger partial charge in [-0.15, -0.1) is 0 Å². The molecule has 2 saturated heterocycles. The van der Waals surface area contributed by atoms with Crippen LogP contribution in [0.5, 0.6) is 11.5 Å². The van der Waals surface area contributed by atoms with Crippen molar-refractivity contribution in [3.8, 4) is 44.9 Å². The first-order chi connectivity index (χ1) is 24.7. The van der Waals surface area contributed by atoms with Crippen LogP contribution in [0.3, 0.4) is 0 Å². The number of ether oxygens (including phenoxy) is 2. The number of Topliss-reactive ketones (excluding diaryl/α,β-unsaturated/α-hetero) is 1. The number of rotatable bonds is 10. The molecule has 2 N–H and O–H groups in total. The number of amides is 1. The smallest absolute Gasteiger partial charge is 0.220 e. The molecule has 2 aliphatic carbocycles. The Morgan fingerprint density at radius 3 is 1.94 bits per heavy atom. The van der Waals surface area contributed by atoms with Crippen LogP contribution in [0.25, 0.3) is 33.4 Å². The Bertz CT molecular complexity index is 2040. The number of likely N-dealkylation sites (tertiary alicyclic amines) is 1. The predicted octanol–water partition coefficient (Wildman–Crippen LogP) is 8.38. The molecule has 1 amide bonds. The normalized spacial score (nSPS) is 21.3. The van der Waals surface area contributed by atoms with Gasteiger partial charge in [-0.2, -0.15) is 0 Å². The molecule has 3 atom stereocenters. The number of nitrogens with one attached hydrogen (secondary N) is 2. The molecule has 7 nitrogen and oxygen atoms in total. The van der Waals surface area contributed by atoms with Crippen LogP contribution in [0.2, 0.25) is 10.0 Å². The summed E-state index contributed by atoms with van der Waals surface area (Å²) >= 11 is 14.6. The molecular formula is C42H43Cl2N3O4. The van der Waals surface area contributed by atoms with Crippen LogP contribution in [-0.2, 0) is 22.4 Å². The van der Waals surface area contributed by atoms with E-state index in [2.05, 4.69) is 51.9 Å². The number of hydrogen-bond acceptors (Lipinski definition) is 6. The quantitative estimate of drug-likeness (QED) is 0.171. The third-order valence-electron chi connectivity index (χ3n) is 11.5. The van der Waals surface area contributed by atoms with E-state index in [0.29, 0.717) is 16.5 Å². The molecule has 2 heterocycles. The number of halogens is 2. The maximum Gasteiger partial charge on any atom is 0.220 e. The first-order valence-electron chi connectivity index (χ1n) is 18.0. The number of benzene rings is 4. The summed E-state index contributed by atoms with van der Waals surface area (Å²) in [4.78, 5) is 26.0. The summed E-state index contributed by atoms with van der Waals surface area (Å²) in [5, 5.41) is 8.01. The van der Waals surface area contributed by atoms with Gasteiger partial charge in [0.05, 0.1) is 24.3 Å². The van der Waals surface area contributed by atoms with Crippen molar-refractivity contribution in [2.45, 2.75) is 63.6 Å². The molecule has 0 unspecified atom stereocenters. The number of aryl methyl sites for hydroxylation is 2. The van der Waals surface area contributed by atoms with Crippen molar-refractivity contribution in [3.63, 3.8) is 0 Å². The summed E-state index contributed by atoms with van der Waals surface area (Å²) in [6.45, 7) is 4.07. The molecule has 4 aromatic rings. The van der Waals surface area contributed by atoms with Crippen molar-refractivity contribution >= 4 is 34.9 Å². The third-order valence-corrected chi connectivity index (χ3v) is 12.3. The number of fused-ring (bicyclic) bond motifs is 2. The second-order valence-electron chi connectivity index (χ2n) is 14.5. The topological polar surface area (TPSA) is 79.9 Å². The molecule has 51 heavy (non-hydrogen) atoms. The molecular weight excluding hydrogens is 681 g/mol. The first kappa shape index (κ1) is 34.2. The Morgan fingerprint density at radius 1 is 0.804 bits per heavy atom. The van der Waals surface area contributed by atoms with Gasteiger partial charge in [0.2, 0.25) is 5.91 Å². The van der Waals surface area contributed by atoms with Gasteiger partial charge in [0, 0.05) is 83.5 Å². The standard InChI is InChI=1S/C42H43Cl2N3O4/c1-23(48)28-21-47(22-28)35-14-11-25-17-27(19-37(51-3)40(25)35)31-7-5-9-33(42(31)44)32-8-4-6-30(41(32)43)26-16-24-10-13-34(39(24)36(18-26)50-2)45-20-29-12-15-38(49)46-29/h4-9,16-19,28-29,34-35,45H,10-15,20-22H2,1-3H3,(H,46,49)/t29-,34-,35-/m0/s1. The van der Waals surface area contributed by atoms with E-state index >= 15 is 0 Å². The molecule has 4 aromatic carbocycles. The van der Waals surface area contributed by atoms with Crippen molar-refractivity contribution in [3.05, 3.63) is 93.0 Å². The maximum atomic E-state index is 11.9. The molecule has 0 aromatic heterocycles. The average Bonchev–Trinajstić information content (AvgIpc) is 3.84. The van der Waals surface area contributed by atoms with E-state index in [0.717, 1.165) is 96.6 Å². The van der Waals surface area contributed by atoms with E-state index in [1.807, 2.05) is 24.3 Å². The molecule has 0 bridgehead atoms. The monoisotopic (exact) mass is 723 g/mol. The highest BCUT2D eigenvalue weighted by molar-refractivity contribution is 6.39. The second-order valence-corrected chi connectivity index (χ2v) is 15.2. The summed E-state index contributed by atoms with van der Waals surface area (Å²) in [5.41, 5.74) is 10.5. The summed E-state index contributed by atoms with van der Waals surface area (Å²) in [6.07, 6.45) is 5.34. The van der Waals surface area contributed by atoms with Gasteiger partial charge in [-0.3, -0.25) is 14.5 Å². The second kappa shape index (κ2) is 13.9. The van der Waals surface area contributed by atoms with Crippen molar-refractivity contribution in [1.29, 1.82) is 0 Å².